The number of ketones is 2. The predicted octanol–water partition coefficient (Wildman–Crippen LogP) is 7.02. The lowest BCUT2D eigenvalue weighted by atomic mass is 9.95. The molecular weight excluding hydrogens is 496 g/mol. The van der Waals surface area contributed by atoms with E-state index in [1.165, 1.54) is 0 Å². The van der Waals surface area contributed by atoms with E-state index >= 15 is 0 Å². The lowest BCUT2D eigenvalue weighted by molar-refractivity contribution is 0.100. The van der Waals surface area contributed by atoms with Gasteiger partial charge in [-0.15, -0.1) is 0 Å². The first-order chi connectivity index (χ1) is 19.0. The Bertz CT molecular complexity index is 1390. The van der Waals surface area contributed by atoms with E-state index in [9.17, 15) is 9.59 Å². The molecule has 0 bridgehead atoms. The molecule has 6 heteroatoms. The molecule has 2 aromatic carbocycles. The fourth-order valence-corrected chi connectivity index (χ4v) is 5.46. The Kier molecular flexibility index (Phi) is 8.48. The molecule has 2 heterocycles. The van der Waals surface area contributed by atoms with Gasteiger partial charge in [0.1, 0.15) is 0 Å². The molecule has 0 radical (unpaired) electrons. The van der Waals surface area contributed by atoms with Gasteiger partial charge in [0.25, 0.3) is 0 Å². The van der Waals surface area contributed by atoms with Crippen LogP contribution in [0.3, 0.4) is 0 Å². The summed E-state index contributed by atoms with van der Waals surface area (Å²) in [5, 5.41) is 0. The first-order valence-electron chi connectivity index (χ1n) is 13.6. The molecule has 0 saturated heterocycles. The van der Waals surface area contributed by atoms with Crippen LogP contribution in [-0.4, -0.2) is 48.7 Å². The predicted molar refractivity (Wildman–Crippen MR) is 165 cm³/mol. The molecule has 0 spiro atoms. The van der Waals surface area contributed by atoms with Crippen molar-refractivity contribution in [2.75, 3.05) is 37.0 Å². The van der Waals surface area contributed by atoms with Gasteiger partial charge in [0.05, 0.1) is 35.2 Å². The van der Waals surface area contributed by atoms with Crippen LogP contribution in [0.15, 0.2) is 60.9 Å². The summed E-state index contributed by atoms with van der Waals surface area (Å²) in [4.78, 5) is 37.7. The number of benzene rings is 2. The monoisotopic (exact) mass is 534 g/mol. The van der Waals surface area contributed by atoms with Gasteiger partial charge < -0.3 is 9.80 Å². The number of anilines is 2. The third-order valence-corrected chi connectivity index (χ3v) is 7.51. The maximum absolute atomic E-state index is 11.9. The summed E-state index contributed by atoms with van der Waals surface area (Å²) in [6.07, 6.45) is 3.80. The number of nitrogens with zero attached hydrogens (tertiary/aromatic N) is 4. The molecule has 0 unspecified atom stereocenters. The molecule has 206 valence electrons. The minimum atomic E-state index is 0.0915. The van der Waals surface area contributed by atoms with Crippen LogP contribution in [-0.2, 0) is 0 Å². The van der Waals surface area contributed by atoms with Crippen LogP contribution in [0.2, 0.25) is 0 Å². The Morgan fingerprint density at radius 2 is 0.925 bits per heavy atom. The summed E-state index contributed by atoms with van der Waals surface area (Å²) in [6, 6.07) is 16.4. The third-order valence-electron chi connectivity index (χ3n) is 7.51. The highest BCUT2D eigenvalue weighted by molar-refractivity contribution is 5.98. The number of Topliss-reactive ketones (excluding diaryl/α,β-unsaturated/α-hetero) is 2. The van der Waals surface area contributed by atoms with Crippen molar-refractivity contribution >= 4 is 22.9 Å². The maximum Gasteiger partial charge on any atom is 0.160 e. The number of likely N-dealkylation sites (N-methyl/N-ethyl adjacent to an activating group) is 2. The van der Waals surface area contributed by atoms with Gasteiger partial charge in [-0.25, -0.2) is 0 Å². The molecule has 0 N–H and O–H groups in total. The Labute approximate surface area is 237 Å². The van der Waals surface area contributed by atoms with Crippen LogP contribution < -0.4 is 9.80 Å². The average Bonchev–Trinajstić information content (AvgIpc) is 2.90. The van der Waals surface area contributed by atoms with E-state index in [4.69, 9.17) is 9.97 Å². The second-order valence-electron chi connectivity index (χ2n) is 10.7. The second-order valence-corrected chi connectivity index (χ2v) is 10.7. The SMILES string of the molecule is CC(=O)c1c(C)cc(-c2ccc(N(C)CCN(C)c3ccc(-c4cc(C)c(C(C)=O)c(C)c4)nc3)cn2)cc1C. The Balaban J connectivity index is 1.39. The standard InChI is InChI=1S/C34H38N4O2/c1-21-15-27(16-22(2)33(21)25(5)39)31-11-9-29(19-35-31)37(7)13-14-38(8)30-10-12-32(36-20-30)28-17-23(3)34(26(6)40)24(4)18-28/h9-12,15-20H,13-14H2,1-8H3. The lowest BCUT2D eigenvalue weighted by Gasteiger charge is -2.25. The number of aryl methyl sites for hydroxylation is 4. The zero-order chi connectivity index (χ0) is 29.1. The number of aromatic nitrogens is 2. The second kappa shape index (κ2) is 11.8. The van der Waals surface area contributed by atoms with Crippen molar-refractivity contribution in [3.63, 3.8) is 0 Å². The van der Waals surface area contributed by atoms with Crippen LogP contribution in [0.25, 0.3) is 22.5 Å². The van der Waals surface area contributed by atoms with Crippen LogP contribution in [0.5, 0.6) is 0 Å². The number of pyridine rings is 2. The molecule has 6 nitrogen and oxygen atoms in total. The van der Waals surface area contributed by atoms with Crippen LogP contribution in [0.4, 0.5) is 11.4 Å². The van der Waals surface area contributed by atoms with Crippen LogP contribution in [0.1, 0.15) is 56.8 Å². The molecular formula is C34H38N4O2. The van der Waals surface area contributed by atoms with Crippen molar-refractivity contribution in [1.82, 2.24) is 9.97 Å². The molecule has 2 aromatic heterocycles. The van der Waals surface area contributed by atoms with Crippen molar-refractivity contribution in [1.29, 1.82) is 0 Å². The van der Waals surface area contributed by atoms with Gasteiger partial charge in [-0.3, -0.25) is 19.6 Å². The first kappa shape index (κ1) is 28.7. The van der Waals surface area contributed by atoms with E-state index in [1.54, 1.807) is 13.8 Å². The third kappa shape index (κ3) is 6.12. The summed E-state index contributed by atoms with van der Waals surface area (Å²) >= 11 is 0. The molecule has 0 fully saturated rings. The van der Waals surface area contributed by atoms with E-state index in [-0.39, 0.29) is 11.6 Å². The summed E-state index contributed by atoms with van der Waals surface area (Å²) in [6.45, 7) is 12.8. The Morgan fingerprint density at radius 1 is 0.600 bits per heavy atom. The van der Waals surface area contributed by atoms with Gasteiger partial charge in [-0.2, -0.15) is 0 Å². The van der Waals surface area contributed by atoms with E-state index in [0.29, 0.717) is 0 Å². The summed E-state index contributed by atoms with van der Waals surface area (Å²) < 4.78 is 0. The quantitative estimate of drug-likeness (QED) is 0.215. The zero-order valence-corrected chi connectivity index (χ0v) is 24.8. The highest BCUT2D eigenvalue weighted by atomic mass is 16.1. The molecule has 0 aliphatic heterocycles. The van der Waals surface area contributed by atoms with Gasteiger partial charge >= 0.3 is 0 Å². The average molecular weight is 535 g/mol. The van der Waals surface area contributed by atoms with Gasteiger partial charge in [0, 0.05) is 49.4 Å². The molecule has 0 saturated carbocycles. The van der Waals surface area contributed by atoms with E-state index in [0.717, 1.165) is 80.4 Å². The number of carbonyl (C=O) groups is 2. The number of hydrogen-bond acceptors (Lipinski definition) is 6. The fourth-order valence-electron chi connectivity index (χ4n) is 5.46. The molecule has 0 amide bonds. The van der Waals surface area contributed by atoms with E-state index in [1.807, 2.05) is 76.5 Å². The summed E-state index contributed by atoms with van der Waals surface area (Å²) in [5.74, 6) is 0.183. The highest BCUT2D eigenvalue weighted by Gasteiger charge is 2.13. The number of carbonyl (C=O) groups excluding carboxylic acids is 2. The Morgan fingerprint density at radius 3 is 1.18 bits per heavy atom. The van der Waals surface area contributed by atoms with Gasteiger partial charge in [-0.1, -0.05) is 0 Å². The van der Waals surface area contributed by atoms with Gasteiger partial charge in [0.2, 0.25) is 0 Å². The lowest BCUT2D eigenvalue weighted by Crippen LogP contribution is -2.30. The van der Waals surface area contributed by atoms with Crippen LogP contribution in [0, 0.1) is 27.7 Å². The molecule has 0 aliphatic carbocycles. The topological polar surface area (TPSA) is 66.4 Å². The largest absolute Gasteiger partial charge is 0.372 e. The molecule has 4 aromatic rings. The molecule has 0 atom stereocenters. The minimum absolute atomic E-state index is 0.0915. The maximum atomic E-state index is 11.9. The summed E-state index contributed by atoms with van der Waals surface area (Å²) in [5.41, 5.74) is 11.4. The smallest absolute Gasteiger partial charge is 0.160 e. The van der Waals surface area contributed by atoms with Gasteiger partial charge in [-0.05, 0) is 112 Å². The number of rotatable bonds is 9. The van der Waals surface area contributed by atoms with E-state index < -0.39 is 0 Å². The first-order valence-corrected chi connectivity index (χ1v) is 13.6. The fraction of sp³-hybridized carbons (Fsp3) is 0.294. The minimum Gasteiger partial charge on any atom is -0.372 e. The molecule has 4 rings (SSSR count). The summed E-state index contributed by atoms with van der Waals surface area (Å²) in [7, 11) is 4.13. The number of hydrogen-bond donors (Lipinski definition) is 0. The normalized spacial score (nSPS) is 10.9. The highest BCUT2D eigenvalue weighted by Crippen LogP contribution is 2.27. The van der Waals surface area contributed by atoms with Crippen molar-refractivity contribution in [3.8, 4) is 22.5 Å². The van der Waals surface area contributed by atoms with Crippen molar-refractivity contribution in [2.45, 2.75) is 41.5 Å². The van der Waals surface area contributed by atoms with Gasteiger partial charge in [0.15, 0.2) is 11.6 Å². The van der Waals surface area contributed by atoms with Crippen molar-refractivity contribution in [2.24, 2.45) is 0 Å². The zero-order valence-electron chi connectivity index (χ0n) is 24.8. The van der Waals surface area contributed by atoms with Crippen molar-refractivity contribution < 1.29 is 9.59 Å². The molecule has 40 heavy (non-hydrogen) atoms. The van der Waals surface area contributed by atoms with Crippen molar-refractivity contribution in [3.05, 3.63) is 94.3 Å². The van der Waals surface area contributed by atoms with Crippen LogP contribution >= 0.6 is 0 Å². The van der Waals surface area contributed by atoms with E-state index in [2.05, 4.69) is 36.0 Å². The Hall–Kier alpha value is -4.32. The molecule has 0 aliphatic rings.